The molecule has 5 unspecified atom stereocenters. The van der Waals surface area contributed by atoms with Crippen molar-refractivity contribution in [1.29, 1.82) is 0 Å². The highest BCUT2D eigenvalue weighted by molar-refractivity contribution is 5.34. The van der Waals surface area contributed by atoms with Gasteiger partial charge in [-0.05, 0) is 37.5 Å². The normalized spacial score (nSPS) is 40.9. The van der Waals surface area contributed by atoms with Gasteiger partial charge >= 0.3 is 0 Å². The fraction of sp³-hybridized carbons (Fsp3) is 0.667. The Hall–Kier alpha value is -0.860. The number of aliphatic hydroxyl groups excluding tert-OH is 1. The van der Waals surface area contributed by atoms with Crippen LogP contribution >= 0.6 is 0 Å². The van der Waals surface area contributed by atoms with Crippen LogP contribution in [0.3, 0.4) is 0 Å². The first-order valence-electron chi connectivity index (χ1n) is 6.64. The van der Waals surface area contributed by atoms with E-state index in [1.807, 2.05) is 0 Å². The molecule has 5 atom stereocenters. The maximum Gasteiger partial charge on any atom is 0.115 e. The van der Waals surface area contributed by atoms with Gasteiger partial charge in [0.1, 0.15) is 12.2 Å². The second-order valence-electron chi connectivity index (χ2n) is 5.60. The third-order valence-corrected chi connectivity index (χ3v) is 4.74. The molecule has 3 nitrogen and oxygen atoms in total. The molecule has 3 aliphatic rings. The van der Waals surface area contributed by atoms with Gasteiger partial charge in [0.25, 0.3) is 0 Å². The lowest BCUT2D eigenvalue weighted by Gasteiger charge is -2.51. The van der Waals surface area contributed by atoms with Crippen LogP contribution in [-0.2, 0) is 9.47 Å². The largest absolute Gasteiger partial charge is 0.388 e. The minimum absolute atomic E-state index is 0.208. The monoisotopic (exact) mass is 248 g/mol. The van der Waals surface area contributed by atoms with Crippen LogP contribution in [0.2, 0.25) is 0 Å². The van der Waals surface area contributed by atoms with Gasteiger partial charge in [-0.25, -0.2) is 0 Å². The highest BCUT2D eigenvalue weighted by Gasteiger charge is 2.53. The van der Waals surface area contributed by atoms with E-state index in [9.17, 15) is 5.11 Å². The molecule has 18 heavy (non-hydrogen) atoms. The van der Waals surface area contributed by atoms with E-state index < -0.39 is 11.7 Å². The molecule has 0 spiro atoms. The number of ether oxygens (including phenoxy) is 2. The molecule has 0 amide bonds. The lowest BCUT2D eigenvalue weighted by Crippen LogP contribution is -2.63. The van der Waals surface area contributed by atoms with E-state index in [1.165, 1.54) is 5.57 Å². The maximum atomic E-state index is 9.89. The van der Waals surface area contributed by atoms with E-state index >= 15 is 0 Å². The van der Waals surface area contributed by atoms with E-state index in [0.29, 0.717) is 18.4 Å². The standard InChI is InChI=1S/C15H20O3/c1-15(17-2,14-13(16)9-18-14)12-8-4-6-10-5-3-7-11(10)12/h5-7,11-14,16H,4,8-9H2,1-2H3. The van der Waals surface area contributed by atoms with Crippen molar-refractivity contribution in [3.05, 3.63) is 29.5 Å². The van der Waals surface area contributed by atoms with Gasteiger partial charge in [0.05, 0.1) is 12.2 Å². The van der Waals surface area contributed by atoms with Gasteiger partial charge in [0.2, 0.25) is 0 Å². The predicted molar refractivity (Wildman–Crippen MR) is 68.1 cm³/mol. The Labute approximate surface area is 108 Å². The lowest BCUT2D eigenvalue weighted by atomic mass is 9.67. The van der Waals surface area contributed by atoms with E-state index in [4.69, 9.17) is 9.47 Å². The quantitative estimate of drug-likeness (QED) is 0.774. The first-order chi connectivity index (χ1) is 8.66. The summed E-state index contributed by atoms with van der Waals surface area (Å²) in [6.07, 6.45) is 7.99. The van der Waals surface area contributed by atoms with Crippen LogP contribution < -0.4 is 0 Å². The molecule has 3 heteroatoms. The third-order valence-electron chi connectivity index (χ3n) is 4.74. The van der Waals surface area contributed by atoms with Crippen molar-refractivity contribution in [3.8, 4) is 0 Å². The molecule has 0 radical (unpaired) electrons. The van der Waals surface area contributed by atoms with Gasteiger partial charge in [-0.2, -0.15) is 0 Å². The number of hydrogen-bond acceptors (Lipinski definition) is 3. The van der Waals surface area contributed by atoms with Crippen LogP contribution in [-0.4, -0.2) is 36.6 Å². The van der Waals surface area contributed by atoms with Gasteiger partial charge in [-0.3, -0.25) is 0 Å². The summed E-state index contributed by atoms with van der Waals surface area (Å²) in [5, 5.41) is 9.89. The van der Waals surface area contributed by atoms with Gasteiger partial charge < -0.3 is 14.6 Å². The Morgan fingerprint density at radius 1 is 1.56 bits per heavy atom. The first-order valence-corrected chi connectivity index (χ1v) is 6.64. The molecule has 0 aromatic rings. The van der Waals surface area contributed by atoms with Crippen LogP contribution in [0.4, 0.5) is 0 Å². The summed E-state index contributed by atoms with van der Waals surface area (Å²) >= 11 is 0. The molecule has 3 rings (SSSR count). The van der Waals surface area contributed by atoms with E-state index in [-0.39, 0.29) is 6.10 Å². The fourth-order valence-corrected chi connectivity index (χ4v) is 3.54. The highest BCUT2D eigenvalue weighted by Crippen LogP contribution is 2.46. The summed E-state index contributed by atoms with van der Waals surface area (Å²) in [4.78, 5) is 0. The summed E-state index contributed by atoms with van der Waals surface area (Å²) in [6, 6.07) is 0. The van der Waals surface area contributed by atoms with Crippen molar-refractivity contribution in [2.24, 2.45) is 11.8 Å². The van der Waals surface area contributed by atoms with Gasteiger partial charge in [-0.15, -0.1) is 5.73 Å². The van der Waals surface area contributed by atoms with Crippen LogP contribution in [0.15, 0.2) is 29.5 Å². The van der Waals surface area contributed by atoms with Gasteiger partial charge in [0.15, 0.2) is 0 Å². The number of fused-ring (bicyclic) bond motifs is 1. The zero-order valence-corrected chi connectivity index (χ0v) is 10.9. The van der Waals surface area contributed by atoms with Crippen molar-refractivity contribution in [2.45, 2.75) is 37.6 Å². The Morgan fingerprint density at radius 3 is 3.00 bits per heavy atom. The fourth-order valence-electron chi connectivity index (χ4n) is 3.54. The van der Waals surface area contributed by atoms with Gasteiger partial charge in [0, 0.05) is 18.9 Å². The Bertz CT molecular complexity index is 433. The van der Waals surface area contributed by atoms with Crippen LogP contribution in [0.25, 0.3) is 0 Å². The molecule has 98 valence electrons. The molecule has 1 saturated heterocycles. The topological polar surface area (TPSA) is 38.7 Å². The molecular formula is C15H20O3. The van der Waals surface area contributed by atoms with E-state index in [0.717, 1.165) is 12.8 Å². The number of methoxy groups -OCH3 is 1. The third kappa shape index (κ3) is 1.63. The van der Waals surface area contributed by atoms with Crippen molar-refractivity contribution in [1.82, 2.24) is 0 Å². The molecule has 1 fully saturated rings. The summed E-state index contributed by atoms with van der Waals surface area (Å²) in [5.74, 6) is 0.703. The second-order valence-corrected chi connectivity index (χ2v) is 5.60. The zero-order chi connectivity index (χ0) is 12.8. The molecule has 2 aliphatic carbocycles. The minimum atomic E-state index is -0.432. The summed E-state index contributed by atoms with van der Waals surface area (Å²) in [6.45, 7) is 2.50. The van der Waals surface area contributed by atoms with Crippen LogP contribution in [0.1, 0.15) is 19.8 Å². The van der Waals surface area contributed by atoms with Gasteiger partial charge in [-0.1, -0.05) is 6.08 Å². The van der Waals surface area contributed by atoms with Crippen molar-refractivity contribution < 1.29 is 14.6 Å². The molecular weight excluding hydrogens is 228 g/mol. The van der Waals surface area contributed by atoms with Crippen molar-refractivity contribution in [3.63, 3.8) is 0 Å². The number of aliphatic hydroxyl groups is 1. The first kappa shape index (κ1) is 12.2. The number of allylic oxidation sites excluding steroid dienone is 3. The van der Waals surface area contributed by atoms with Crippen LogP contribution in [0.5, 0.6) is 0 Å². The molecule has 0 aromatic carbocycles. The van der Waals surface area contributed by atoms with E-state index in [2.05, 4.69) is 30.9 Å². The Morgan fingerprint density at radius 2 is 2.39 bits per heavy atom. The molecule has 0 bridgehead atoms. The summed E-state index contributed by atoms with van der Waals surface area (Å²) in [5.41, 5.74) is 4.10. The molecule has 0 saturated carbocycles. The minimum Gasteiger partial charge on any atom is -0.388 e. The summed E-state index contributed by atoms with van der Waals surface area (Å²) in [7, 11) is 1.72. The molecule has 1 N–H and O–H groups in total. The van der Waals surface area contributed by atoms with Crippen molar-refractivity contribution >= 4 is 0 Å². The molecule has 1 aliphatic heterocycles. The molecule has 0 aromatic heterocycles. The Kier molecular flexibility index (Phi) is 2.95. The highest BCUT2D eigenvalue weighted by atomic mass is 16.6. The average Bonchev–Trinajstić information content (AvgIpc) is 2.84. The molecule has 1 heterocycles. The average molecular weight is 248 g/mol. The smallest absolute Gasteiger partial charge is 0.115 e. The second kappa shape index (κ2) is 4.36. The SMILES string of the molecule is COC(C)(C1CCC=C2C=C=CC21)C1OCC1O. The van der Waals surface area contributed by atoms with Crippen molar-refractivity contribution in [2.75, 3.05) is 13.7 Å². The van der Waals surface area contributed by atoms with E-state index in [1.54, 1.807) is 7.11 Å². The predicted octanol–water partition coefficient (Wildman–Crippen LogP) is 1.83. The number of rotatable bonds is 3. The zero-order valence-electron chi connectivity index (χ0n) is 10.9. The summed E-state index contributed by atoms with van der Waals surface area (Å²) < 4.78 is 11.3. The lowest BCUT2D eigenvalue weighted by molar-refractivity contribution is -0.259. The maximum absolute atomic E-state index is 9.89. The Balaban J connectivity index is 1.88. The van der Waals surface area contributed by atoms with Crippen LogP contribution in [0, 0.1) is 11.8 Å². The number of hydrogen-bond donors (Lipinski definition) is 1.